The monoisotopic (exact) mass is 299 g/mol. The number of halogens is 3. The standard InChI is InChI=1S/C14H16F3N3O/c1-21-7-6-18-8-10-9-19-20(13(10)14(16)17)12-4-2-11(15)3-5-12/h2-5,9,14,18H,6-8H2,1H3. The maximum absolute atomic E-state index is 13.3. The van der Waals surface area contributed by atoms with E-state index in [0.29, 0.717) is 24.4 Å². The van der Waals surface area contributed by atoms with Crippen LogP contribution in [-0.4, -0.2) is 30.0 Å². The Labute approximate surface area is 120 Å². The van der Waals surface area contributed by atoms with Crippen LogP contribution >= 0.6 is 0 Å². The Morgan fingerprint density at radius 1 is 1.29 bits per heavy atom. The highest BCUT2D eigenvalue weighted by molar-refractivity contribution is 5.35. The van der Waals surface area contributed by atoms with Crippen molar-refractivity contribution in [3.05, 3.63) is 47.5 Å². The summed E-state index contributed by atoms with van der Waals surface area (Å²) in [4.78, 5) is 0. The molecule has 1 aromatic heterocycles. The molecule has 1 N–H and O–H groups in total. The first-order valence-electron chi connectivity index (χ1n) is 6.44. The lowest BCUT2D eigenvalue weighted by Crippen LogP contribution is -2.19. The van der Waals surface area contributed by atoms with Gasteiger partial charge in [0, 0.05) is 25.8 Å². The van der Waals surface area contributed by atoms with Crippen molar-refractivity contribution in [2.45, 2.75) is 13.0 Å². The summed E-state index contributed by atoms with van der Waals surface area (Å²) in [7, 11) is 1.57. The molecule has 0 unspecified atom stereocenters. The Kier molecular flexibility index (Phi) is 5.35. The minimum absolute atomic E-state index is 0.188. The van der Waals surface area contributed by atoms with E-state index in [1.807, 2.05) is 0 Å². The van der Waals surface area contributed by atoms with Crippen molar-refractivity contribution in [2.24, 2.45) is 0 Å². The highest BCUT2D eigenvalue weighted by Crippen LogP contribution is 2.25. The van der Waals surface area contributed by atoms with Gasteiger partial charge in [-0.3, -0.25) is 0 Å². The smallest absolute Gasteiger partial charge is 0.280 e. The Balaban J connectivity index is 2.22. The molecule has 4 nitrogen and oxygen atoms in total. The molecule has 2 aromatic rings. The zero-order valence-corrected chi connectivity index (χ0v) is 11.5. The van der Waals surface area contributed by atoms with Crippen molar-refractivity contribution >= 4 is 0 Å². The summed E-state index contributed by atoms with van der Waals surface area (Å²) in [5.74, 6) is -0.425. The Morgan fingerprint density at radius 3 is 2.62 bits per heavy atom. The largest absolute Gasteiger partial charge is 0.383 e. The van der Waals surface area contributed by atoms with Gasteiger partial charge in [0.2, 0.25) is 0 Å². The van der Waals surface area contributed by atoms with Crippen molar-refractivity contribution in [1.82, 2.24) is 15.1 Å². The highest BCUT2D eigenvalue weighted by atomic mass is 19.3. The molecule has 2 rings (SSSR count). The molecular weight excluding hydrogens is 283 g/mol. The fourth-order valence-corrected chi connectivity index (χ4v) is 1.95. The van der Waals surface area contributed by atoms with Gasteiger partial charge < -0.3 is 10.1 Å². The zero-order chi connectivity index (χ0) is 15.2. The van der Waals surface area contributed by atoms with Crippen LogP contribution in [0.2, 0.25) is 0 Å². The number of ether oxygens (including phenoxy) is 1. The maximum atomic E-state index is 13.3. The molecule has 0 fully saturated rings. The molecule has 21 heavy (non-hydrogen) atoms. The van der Waals surface area contributed by atoms with Crippen LogP contribution in [0.15, 0.2) is 30.5 Å². The van der Waals surface area contributed by atoms with Crippen LogP contribution in [0.4, 0.5) is 13.2 Å². The van der Waals surface area contributed by atoms with Crippen molar-refractivity contribution in [2.75, 3.05) is 20.3 Å². The number of hydrogen-bond donors (Lipinski definition) is 1. The zero-order valence-electron chi connectivity index (χ0n) is 11.5. The average molecular weight is 299 g/mol. The van der Waals surface area contributed by atoms with E-state index in [9.17, 15) is 13.2 Å². The van der Waals surface area contributed by atoms with Crippen LogP contribution in [0.5, 0.6) is 0 Å². The van der Waals surface area contributed by atoms with Gasteiger partial charge in [-0.1, -0.05) is 0 Å². The second-order valence-corrected chi connectivity index (χ2v) is 4.41. The van der Waals surface area contributed by atoms with Crippen LogP contribution in [-0.2, 0) is 11.3 Å². The summed E-state index contributed by atoms with van der Waals surface area (Å²) in [5, 5.41) is 6.98. The first-order chi connectivity index (χ1) is 10.1. The minimum atomic E-state index is -2.67. The first-order valence-corrected chi connectivity index (χ1v) is 6.44. The molecule has 0 saturated carbocycles. The summed E-state index contributed by atoms with van der Waals surface area (Å²) >= 11 is 0. The predicted octanol–water partition coefficient (Wildman–Crippen LogP) is 2.69. The van der Waals surface area contributed by atoms with Gasteiger partial charge in [-0.15, -0.1) is 0 Å². The van der Waals surface area contributed by atoms with Gasteiger partial charge in [-0.25, -0.2) is 17.9 Å². The van der Waals surface area contributed by atoms with E-state index < -0.39 is 12.2 Å². The molecule has 7 heteroatoms. The van der Waals surface area contributed by atoms with Crippen molar-refractivity contribution in [3.63, 3.8) is 0 Å². The van der Waals surface area contributed by atoms with Gasteiger partial charge >= 0.3 is 0 Å². The summed E-state index contributed by atoms with van der Waals surface area (Å²) in [6, 6.07) is 5.25. The van der Waals surface area contributed by atoms with Crippen LogP contribution in [0.1, 0.15) is 17.7 Å². The number of alkyl halides is 2. The van der Waals surface area contributed by atoms with Gasteiger partial charge in [-0.2, -0.15) is 5.10 Å². The molecule has 0 spiro atoms. The highest BCUT2D eigenvalue weighted by Gasteiger charge is 2.20. The number of methoxy groups -OCH3 is 1. The summed E-state index contributed by atoms with van der Waals surface area (Å²) in [6.07, 6.45) is -1.28. The van der Waals surface area contributed by atoms with E-state index >= 15 is 0 Å². The Morgan fingerprint density at radius 2 is 2.00 bits per heavy atom. The molecule has 1 aromatic carbocycles. The van der Waals surface area contributed by atoms with Crippen molar-refractivity contribution in [3.8, 4) is 5.69 Å². The molecule has 1 heterocycles. The molecule has 0 aliphatic heterocycles. The third kappa shape index (κ3) is 3.83. The first kappa shape index (κ1) is 15.5. The molecule has 0 aliphatic carbocycles. The number of nitrogens with one attached hydrogen (secondary N) is 1. The molecule has 0 radical (unpaired) electrons. The molecule has 0 amide bonds. The number of nitrogens with zero attached hydrogens (tertiary/aromatic N) is 2. The third-order valence-electron chi connectivity index (χ3n) is 2.96. The number of aromatic nitrogens is 2. The third-order valence-corrected chi connectivity index (χ3v) is 2.96. The van der Waals surface area contributed by atoms with Crippen LogP contribution in [0.25, 0.3) is 5.69 Å². The fourth-order valence-electron chi connectivity index (χ4n) is 1.95. The minimum Gasteiger partial charge on any atom is -0.383 e. The van der Waals surface area contributed by atoms with Gasteiger partial charge in [0.15, 0.2) is 0 Å². The molecule has 0 aliphatic rings. The predicted molar refractivity (Wildman–Crippen MR) is 72.1 cm³/mol. The summed E-state index contributed by atoms with van der Waals surface area (Å²) < 4.78 is 45.5. The molecule has 0 saturated heterocycles. The summed E-state index contributed by atoms with van der Waals surface area (Å²) in [6.45, 7) is 1.32. The molecule has 0 atom stereocenters. The van der Waals surface area contributed by atoms with E-state index in [1.54, 1.807) is 7.11 Å². The number of hydrogen-bond acceptors (Lipinski definition) is 3. The van der Waals surface area contributed by atoms with E-state index in [0.717, 1.165) is 4.68 Å². The number of rotatable bonds is 7. The van der Waals surface area contributed by atoms with Gasteiger partial charge in [0.25, 0.3) is 6.43 Å². The van der Waals surface area contributed by atoms with E-state index in [4.69, 9.17) is 4.74 Å². The van der Waals surface area contributed by atoms with E-state index in [1.165, 1.54) is 30.5 Å². The molecule has 114 valence electrons. The van der Waals surface area contributed by atoms with Crippen molar-refractivity contribution < 1.29 is 17.9 Å². The molecular formula is C14H16F3N3O. The quantitative estimate of drug-likeness (QED) is 0.799. The average Bonchev–Trinajstić information content (AvgIpc) is 2.88. The van der Waals surface area contributed by atoms with Crippen molar-refractivity contribution in [1.29, 1.82) is 0 Å². The van der Waals surface area contributed by atoms with E-state index in [-0.39, 0.29) is 12.2 Å². The molecule has 0 bridgehead atoms. The number of benzene rings is 1. The van der Waals surface area contributed by atoms with Gasteiger partial charge in [0.05, 0.1) is 18.5 Å². The maximum Gasteiger partial charge on any atom is 0.280 e. The van der Waals surface area contributed by atoms with Crippen LogP contribution < -0.4 is 5.32 Å². The lowest BCUT2D eigenvalue weighted by Gasteiger charge is -2.09. The topological polar surface area (TPSA) is 39.1 Å². The summed E-state index contributed by atoms with van der Waals surface area (Å²) in [5.41, 5.74) is 0.617. The lowest BCUT2D eigenvalue weighted by atomic mass is 10.2. The SMILES string of the molecule is COCCNCc1cnn(-c2ccc(F)cc2)c1C(F)F. The van der Waals surface area contributed by atoms with E-state index in [2.05, 4.69) is 10.4 Å². The van der Waals surface area contributed by atoms with Crippen LogP contribution in [0, 0.1) is 5.82 Å². The second-order valence-electron chi connectivity index (χ2n) is 4.41. The fraction of sp³-hybridized carbons (Fsp3) is 0.357. The second kappa shape index (κ2) is 7.24. The Bertz CT molecular complexity index is 569. The van der Waals surface area contributed by atoms with Gasteiger partial charge in [0.1, 0.15) is 11.5 Å². The van der Waals surface area contributed by atoms with Crippen LogP contribution in [0.3, 0.4) is 0 Å². The van der Waals surface area contributed by atoms with Gasteiger partial charge in [-0.05, 0) is 24.3 Å². The lowest BCUT2D eigenvalue weighted by molar-refractivity contribution is 0.141. The normalized spacial score (nSPS) is 11.3. The Hall–Kier alpha value is -1.86.